The van der Waals surface area contributed by atoms with Crippen LogP contribution in [0.15, 0.2) is 17.8 Å². The Morgan fingerprint density at radius 1 is 1.32 bits per heavy atom. The van der Waals surface area contributed by atoms with E-state index in [1.165, 1.54) is 12.7 Å². The summed E-state index contributed by atoms with van der Waals surface area (Å²) in [6.45, 7) is 9.02. The highest BCUT2D eigenvalue weighted by Gasteiger charge is 2.55. The van der Waals surface area contributed by atoms with Crippen LogP contribution in [0.5, 0.6) is 0 Å². The highest BCUT2D eigenvalue weighted by atomic mass is 16.8. The number of fused-ring (bicyclic) bond motifs is 2. The summed E-state index contributed by atoms with van der Waals surface area (Å²) in [5.74, 6) is -0.608. The number of rotatable bonds is 4. The van der Waals surface area contributed by atoms with E-state index in [0.717, 1.165) is 0 Å². The van der Waals surface area contributed by atoms with Crippen molar-refractivity contribution in [3.05, 3.63) is 23.1 Å². The lowest BCUT2D eigenvalue weighted by atomic mass is 10.1. The van der Waals surface area contributed by atoms with Gasteiger partial charge in [-0.05, 0) is 40.1 Å². The molecule has 31 heavy (non-hydrogen) atoms. The quantitative estimate of drug-likeness (QED) is 0.438. The number of nitrogens with zero attached hydrogens (tertiary/aromatic N) is 7. The summed E-state index contributed by atoms with van der Waals surface area (Å²) < 4.78 is 25.1. The number of ether oxygens (including phenoxy) is 4. The third-order valence-corrected chi connectivity index (χ3v) is 4.70. The Labute approximate surface area is 177 Å². The molecule has 0 saturated carbocycles. The SMILES string of the molecule is CC(C)(C)OC(=O)Nc1ncnc2c1ncn2C1OC(CN=[N+]=[N-])C2OC(C)(C)OC21. The van der Waals surface area contributed by atoms with Gasteiger partial charge in [-0.3, -0.25) is 9.88 Å². The zero-order valence-corrected chi connectivity index (χ0v) is 17.8. The highest BCUT2D eigenvalue weighted by Crippen LogP contribution is 2.44. The number of hydrogen-bond donors (Lipinski definition) is 1. The fourth-order valence-electron chi connectivity index (χ4n) is 3.68. The second-order valence-corrected chi connectivity index (χ2v) is 8.72. The van der Waals surface area contributed by atoms with Gasteiger partial charge in [-0.25, -0.2) is 19.7 Å². The highest BCUT2D eigenvalue weighted by molar-refractivity contribution is 5.93. The van der Waals surface area contributed by atoms with Gasteiger partial charge >= 0.3 is 6.09 Å². The molecule has 0 bridgehead atoms. The van der Waals surface area contributed by atoms with Crippen LogP contribution in [0.1, 0.15) is 40.8 Å². The summed E-state index contributed by atoms with van der Waals surface area (Å²) in [4.78, 5) is 27.8. The summed E-state index contributed by atoms with van der Waals surface area (Å²) in [5, 5.41) is 6.23. The van der Waals surface area contributed by atoms with Gasteiger partial charge in [0.1, 0.15) is 24.1 Å². The van der Waals surface area contributed by atoms with E-state index in [-0.39, 0.29) is 12.4 Å². The van der Waals surface area contributed by atoms with Gasteiger partial charge in [0.2, 0.25) is 0 Å². The standard InChI is InChI=1S/C18H24N8O5/c1-17(2,3)31-16(27)24-13-10-14(21-7-20-13)26(8-22-10)15-12-11(29-18(4,5)30-12)9(28-15)6-23-25-19/h7-9,11-12,15H,6H2,1-5H3,(H,20,21,24,27). The number of imidazole rings is 1. The molecule has 1 amide bonds. The zero-order chi connectivity index (χ0) is 22.4. The maximum atomic E-state index is 12.2. The van der Waals surface area contributed by atoms with Crippen molar-refractivity contribution in [3.8, 4) is 0 Å². The minimum Gasteiger partial charge on any atom is -0.444 e. The first-order chi connectivity index (χ1) is 14.6. The number of carbonyl (C=O) groups excluding carboxylic acids is 1. The van der Waals surface area contributed by atoms with Crippen molar-refractivity contribution in [2.24, 2.45) is 5.11 Å². The minimum atomic E-state index is -0.819. The van der Waals surface area contributed by atoms with Gasteiger partial charge in [-0.1, -0.05) is 5.11 Å². The lowest BCUT2D eigenvalue weighted by Gasteiger charge is -2.24. The van der Waals surface area contributed by atoms with Crippen LogP contribution in [0.2, 0.25) is 0 Å². The molecule has 4 unspecified atom stereocenters. The van der Waals surface area contributed by atoms with Crippen LogP contribution < -0.4 is 5.32 Å². The lowest BCUT2D eigenvalue weighted by Crippen LogP contribution is -2.31. The predicted octanol–water partition coefficient (Wildman–Crippen LogP) is 2.90. The first-order valence-electron chi connectivity index (χ1n) is 9.77. The number of nitrogens with one attached hydrogen (secondary N) is 1. The van der Waals surface area contributed by atoms with Crippen LogP contribution in [0.25, 0.3) is 21.6 Å². The topological polar surface area (TPSA) is 158 Å². The fourth-order valence-corrected chi connectivity index (χ4v) is 3.68. The molecule has 2 aromatic heterocycles. The molecule has 2 saturated heterocycles. The number of hydrogen-bond acceptors (Lipinski definition) is 9. The smallest absolute Gasteiger partial charge is 0.413 e. The average Bonchev–Trinajstić information content (AvgIpc) is 3.30. The van der Waals surface area contributed by atoms with Gasteiger partial charge in [-0.15, -0.1) is 0 Å². The summed E-state index contributed by atoms with van der Waals surface area (Å²) in [5.41, 5.74) is 8.83. The van der Waals surface area contributed by atoms with E-state index in [9.17, 15) is 4.79 Å². The van der Waals surface area contributed by atoms with E-state index in [1.54, 1.807) is 25.3 Å². The Kier molecular flexibility index (Phi) is 5.21. The van der Waals surface area contributed by atoms with Gasteiger partial charge in [-0.2, -0.15) is 0 Å². The van der Waals surface area contributed by atoms with Crippen molar-refractivity contribution in [1.29, 1.82) is 0 Å². The summed E-state index contributed by atoms with van der Waals surface area (Å²) in [6, 6.07) is 0. The van der Waals surface area contributed by atoms with Crippen LogP contribution in [-0.4, -0.2) is 61.9 Å². The molecule has 0 spiro atoms. The molecule has 4 rings (SSSR count). The number of azide groups is 1. The van der Waals surface area contributed by atoms with E-state index in [4.69, 9.17) is 24.5 Å². The number of carbonyl (C=O) groups is 1. The van der Waals surface area contributed by atoms with Gasteiger partial charge in [0.15, 0.2) is 29.0 Å². The Hall–Kier alpha value is -2.99. The Morgan fingerprint density at radius 2 is 2.06 bits per heavy atom. The van der Waals surface area contributed by atoms with Crippen molar-refractivity contribution in [3.63, 3.8) is 0 Å². The second kappa shape index (κ2) is 7.61. The van der Waals surface area contributed by atoms with E-state index in [0.29, 0.717) is 11.2 Å². The third-order valence-electron chi connectivity index (χ3n) is 4.70. The van der Waals surface area contributed by atoms with E-state index < -0.39 is 42.0 Å². The van der Waals surface area contributed by atoms with Crippen molar-refractivity contribution < 1.29 is 23.7 Å². The Bertz CT molecular complexity index is 1040. The monoisotopic (exact) mass is 432 g/mol. The molecule has 2 aliphatic rings. The van der Waals surface area contributed by atoms with Gasteiger partial charge < -0.3 is 18.9 Å². The maximum Gasteiger partial charge on any atom is 0.413 e. The Balaban J connectivity index is 1.64. The molecule has 0 aliphatic carbocycles. The molecule has 2 aliphatic heterocycles. The molecule has 2 fully saturated rings. The zero-order valence-electron chi connectivity index (χ0n) is 17.8. The van der Waals surface area contributed by atoms with Crippen LogP contribution in [0.4, 0.5) is 10.6 Å². The first-order valence-corrected chi connectivity index (χ1v) is 9.77. The molecular formula is C18H24N8O5. The van der Waals surface area contributed by atoms with Gasteiger partial charge in [0.05, 0.1) is 19.0 Å². The van der Waals surface area contributed by atoms with Gasteiger partial charge in [0.25, 0.3) is 0 Å². The van der Waals surface area contributed by atoms with Crippen LogP contribution in [-0.2, 0) is 18.9 Å². The molecule has 166 valence electrons. The number of amides is 1. The molecular weight excluding hydrogens is 408 g/mol. The average molecular weight is 432 g/mol. The summed E-state index contributed by atoms with van der Waals surface area (Å²) in [7, 11) is 0. The molecule has 4 heterocycles. The maximum absolute atomic E-state index is 12.2. The number of aromatic nitrogens is 4. The number of anilines is 1. The van der Waals surface area contributed by atoms with Crippen molar-refractivity contribution in [2.75, 3.05) is 11.9 Å². The molecule has 4 atom stereocenters. The largest absolute Gasteiger partial charge is 0.444 e. The van der Waals surface area contributed by atoms with Crippen molar-refractivity contribution in [1.82, 2.24) is 19.5 Å². The molecule has 2 aromatic rings. The molecule has 13 nitrogen and oxygen atoms in total. The lowest BCUT2D eigenvalue weighted by molar-refractivity contribution is -0.195. The summed E-state index contributed by atoms with van der Waals surface area (Å²) in [6.07, 6.45) is 0.181. The van der Waals surface area contributed by atoms with E-state index >= 15 is 0 Å². The minimum absolute atomic E-state index is 0.0979. The van der Waals surface area contributed by atoms with E-state index in [1.807, 2.05) is 13.8 Å². The Morgan fingerprint density at radius 3 is 2.77 bits per heavy atom. The van der Waals surface area contributed by atoms with Crippen LogP contribution in [0, 0.1) is 0 Å². The molecule has 0 radical (unpaired) electrons. The van der Waals surface area contributed by atoms with Crippen LogP contribution in [0.3, 0.4) is 0 Å². The molecule has 0 aromatic carbocycles. The van der Waals surface area contributed by atoms with Crippen LogP contribution >= 0.6 is 0 Å². The van der Waals surface area contributed by atoms with E-state index in [2.05, 4.69) is 30.3 Å². The second-order valence-electron chi connectivity index (χ2n) is 8.72. The normalized spacial score (nSPS) is 27.0. The molecule has 13 heteroatoms. The predicted molar refractivity (Wildman–Crippen MR) is 107 cm³/mol. The fraction of sp³-hybridized carbons (Fsp3) is 0.667. The van der Waals surface area contributed by atoms with Gasteiger partial charge in [0, 0.05) is 4.91 Å². The molecule has 1 N–H and O–H groups in total. The van der Waals surface area contributed by atoms with Crippen molar-refractivity contribution in [2.45, 2.75) is 70.5 Å². The summed E-state index contributed by atoms with van der Waals surface area (Å²) >= 11 is 0. The first kappa shape index (κ1) is 21.2. The third kappa shape index (κ3) is 4.26. The van der Waals surface area contributed by atoms with Crippen molar-refractivity contribution >= 4 is 23.1 Å².